The molecule has 0 rings (SSSR count). The van der Waals surface area contributed by atoms with E-state index in [1.54, 1.807) is 7.11 Å². The summed E-state index contributed by atoms with van der Waals surface area (Å²) >= 11 is 0. The van der Waals surface area contributed by atoms with E-state index in [1.807, 2.05) is 0 Å². The molecule has 0 saturated carbocycles. The maximum atomic E-state index is 5.56. The van der Waals surface area contributed by atoms with E-state index >= 15 is 0 Å². The minimum atomic E-state index is 0. The molecule has 0 amide bonds. The van der Waals surface area contributed by atoms with Crippen LogP contribution < -0.4 is 10.6 Å². The first-order valence-corrected chi connectivity index (χ1v) is 8.66. The number of hydrogen-bond donors (Lipinski definition) is 2. The van der Waals surface area contributed by atoms with Crippen LogP contribution in [0.3, 0.4) is 0 Å². The van der Waals surface area contributed by atoms with Gasteiger partial charge in [0.1, 0.15) is 0 Å². The average molecular weight is 442 g/mol. The van der Waals surface area contributed by atoms with Crippen molar-refractivity contribution >= 4 is 29.9 Å². The fraction of sp³-hybridized carbons (Fsp3) is 0.941. The molecule has 0 bridgehead atoms. The number of aliphatic imine (C=N–C) groups is 1. The summed E-state index contributed by atoms with van der Waals surface area (Å²) < 4.78 is 5.56. The van der Waals surface area contributed by atoms with E-state index in [2.05, 4.69) is 62.1 Å². The fourth-order valence-electron chi connectivity index (χ4n) is 2.27. The molecule has 0 spiro atoms. The van der Waals surface area contributed by atoms with Crippen molar-refractivity contribution in [1.82, 2.24) is 15.5 Å². The Morgan fingerprint density at radius 2 is 1.74 bits per heavy atom. The second-order valence-corrected chi connectivity index (χ2v) is 6.62. The standard InChI is InChI=1S/C17H38N4O.HI/c1-8-18-16(19-12-11-13-21(9-2)10-3)20-14-15(22-7)17(4,5)6;/h15H,8-14H2,1-7H3,(H2,18,19,20);1H. The van der Waals surface area contributed by atoms with Crippen molar-refractivity contribution in [3.63, 3.8) is 0 Å². The molecule has 0 aliphatic carbocycles. The average Bonchev–Trinajstić information content (AvgIpc) is 2.46. The molecule has 0 aromatic carbocycles. The molecule has 0 fully saturated rings. The Balaban J connectivity index is 0. The molecule has 23 heavy (non-hydrogen) atoms. The first-order valence-electron chi connectivity index (χ1n) is 8.66. The lowest BCUT2D eigenvalue weighted by atomic mass is 9.89. The summed E-state index contributed by atoms with van der Waals surface area (Å²) in [7, 11) is 1.76. The Morgan fingerprint density at radius 1 is 1.13 bits per heavy atom. The molecule has 0 heterocycles. The number of methoxy groups -OCH3 is 1. The Kier molecular flexibility index (Phi) is 15.6. The minimum Gasteiger partial charge on any atom is -0.379 e. The second kappa shape index (κ2) is 14.3. The zero-order valence-electron chi connectivity index (χ0n) is 16.2. The highest BCUT2D eigenvalue weighted by Crippen LogP contribution is 2.21. The minimum absolute atomic E-state index is 0. The van der Waals surface area contributed by atoms with E-state index in [0.717, 1.165) is 45.1 Å². The molecule has 0 aromatic heterocycles. The van der Waals surface area contributed by atoms with Gasteiger partial charge < -0.3 is 20.3 Å². The van der Waals surface area contributed by atoms with Crippen LogP contribution in [0, 0.1) is 5.41 Å². The van der Waals surface area contributed by atoms with Crippen LogP contribution in [0.25, 0.3) is 0 Å². The zero-order valence-corrected chi connectivity index (χ0v) is 18.6. The van der Waals surface area contributed by atoms with Gasteiger partial charge >= 0.3 is 0 Å². The molecule has 1 atom stereocenters. The van der Waals surface area contributed by atoms with Gasteiger partial charge in [-0.1, -0.05) is 34.6 Å². The van der Waals surface area contributed by atoms with Crippen LogP contribution in [0.5, 0.6) is 0 Å². The van der Waals surface area contributed by atoms with Crippen molar-refractivity contribution in [2.24, 2.45) is 10.4 Å². The Bertz CT molecular complexity index is 301. The lowest BCUT2D eigenvalue weighted by molar-refractivity contribution is 0.0241. The number of guanidine groups is 1. The Hall–Kier alpha value is -0.0800. The third kappa shape index (κ3) is 12.0. The van der Waals surface area contributed by atoms with Crippen LogP contribution in [-0.4, -0.2) is 63.3 Å². The van der Waals surface area contributed by atoms with Gasteiger partial charge in [0.2, 0.25) is 0 Å². The lowest BCUT2D eigenvalue weighted by Crippen LogP contribution is -2.40. The number of ether oxygens (including phenoxy) is 1. The van der Waals surface area contributed by atoms with Crippen molar-refractivity contribution in [2.75, 3.05) is 46.4 Å². The van der Waals surface area contributed by atoms with Gasteiger partial charge in [-0.3, -0.25) is 4.99 Å². The molecular weight excluding hydrogens is 403 g/mol. The monoisotopic (exact) mass is 442 g/mol. The van der Waals surface area contributed by atoms with Gasteiger partial charge in [0.15, 0.2) is 5.96 Å². The van der Waals surface area contributed by atoms with E-state index in [1.165, 1.54) is 0 Å². The second-order valence-electron chi connectivity index (χ2n) is 6.62. The van der Waals surface area contributed by atoms with Crippen molar-refractivity contribution in [2.45, 2.75) is 54.1 Å². The van der Waals surface area contributed by atoms with E-state index in [-0.39, 0.29) is 35.5 Å². The molecule has 5 nitrogen and oxygen atoms in total. The van der Waals surface area contributed by atoms with Crippen molar-refractivity contribution in [3.05, 3.63) is 0 Å². The number of rotatable bonds is 10. The molecule has 0 aliphatic heterocycles. The summed E-state index contributed by atoms with van der Waals surface area (Å²) in [6.07, 6.45) is 1.25. The highest BCUT2D eigenvalue weighted by Gasteiger charge is 2.23. The van der Waals surface area contributed by atoms with E-state index in [4.69, 9.17) is 4.74 Å². The van der Waals surface area contributed by atoms with Crippen LogP contribution in [0.2, 0.25) is 0 Å². The summed E-state index contributed by atoms with van der Waals surface area (Å²) in [6, 6.07) is 0. The lowest BCUT2D eigenvalue weighted by Gasteiger charge is -2.28. The molecule has 6 heteroatoms. The summed E-state index contributed by atoms with van der Waals surface area (Å²) in [6.45, 7) is 18.9. The molecule has 0 saturated heterocycles. The molecule has 1 unspecified atom stereocenters. The molecule has 0 aliphatic rings. The predicted molar refractivity (Wildman–Crippen MR) is 112 cm³/mol. The van der Waals surface area contributed by atoms with Gasteiger partial charge in [0, 0.05) is 20.2 Å². The van der Waals surface area contributed by atoms with E-state index in [0.29, 0.717) is 6.54 Å². The number of hydrogen-bond acceptors (Lipinski definition) is 3. The fourth-order valence-corrected chi connectivity index (χ4v) is 2.27. The summed E-state index contributed by atoms with van der Waals surface area (Å²) in [4.78, 5) is 7.10. The molecule has 0 aromatic rings. The maximum absolute atomic E-state index is 5.56. The molecule has 2 N–H and O–H groups in total. The number of nitrogens with zero attached hydrogens (tertiary/aromatic N) is 2. The van der Waals surface area contributed by atoms with E-state index in [9.17, 15) is 0 Å². The van der Waals surface area contributed by atoms with E-state index < -0.39 is 0 Å². The highest BCUT2D eigenvalue weighted by molar-refractivity contribution is 14.0. The van der Waals surface area contributed by atoms with Crippen LogP contribution in [-0.2, 0) is 4.74 Å². The van der Waals surface area contributed by atoms with Gasteiger partial charge in [0.05, 0.1) is 12.6 Å². The van der Waals surface area contributed by atoms with Crippen LogP contribution in [0.15, 0.2) is 4.99 Å². The summed E-state index contributed by atoms with van der Waals surface area (Å²) in [5.41, 5.74) is 0.0956. The third-order valence-electron chi connectivity index (χ3n) is 3.85. The summed E-state index contributed by atoms with van der Waals surface area (Å²) in [5, 5.41) is 6.71. The smallest absolute Gasteiger partial charge is 0.191 e. The maximum Gasteiger partial charge on any atom is 0.191 e. The van der Waals surface area contributed by atoms with Crippen LogP contribution in [0.1, 0.15) is 48.0 Å². The first-order chi connectivity index (χ1) is 10.4. The summed E-state index contributed by atoms with van der Waals surface area (Å²) in [5.74, 6) is 0.883. The van der Waals surface area contributed by atoms with Gasteiger partial charge in [-0.25, -0.2) is 0 Å². The topological polar surface area (TPSA) is 48.9 Å². The van der Waals surface area contributed by atoms with Gasteiger partial charge in [-0.15, -0.1) is 24.0 Å². The number of nitrogens with one attached hydrogen (secondary N) is 2. The Labute approximate surface area is 161 Å². The SMILES string of the molecule is CCNC(=NCC(OC)C(C)(C)C)NCCCN(CC)CC.I. The van der Waals surface area contributed by atoms with Crippen molar-refractivity contribution in [3.8, 4) is 0 Å². The first kappa shape index (κ1) is 25.2. The van der Waals surface area contributed by atoms with Gasteiger partial charge in [0.25, 0.3) is 0 Å². The van der Waals surface area contributed by atoms with Gasteiger partial charge in [-0.2, -0.15) is 0 Å². The largest absolute Gasteiger partial charge is 0.379 e. The highest BCUT2D eigenvalue weighted by atomic mass is 127. The quantitative estimate of drug-likeness (QED) is 0.237. The molecular formula is C17H39IN4O. The molecule has 140 valence electrons. The molecule has 0 radical (unpaired) electrons. The Morgan fingerprint density at radius 3 is 2.17 bits per heavy atom. The van der Waals surface area contributed by atoms with Crippen molar-refractivity contribution in [1.29, 1.82) is 0 Å². The normalized spacial score (nSPS) is 13.7. The number of halogens is 1. The van der Waals surface area contributed by atoms with Gasteiger partial charge in [-0.05, 0) is 38.4 Å². The van der Waals surface area contributed by atoms with Crippen LogP contribution in [0.4, 0.5) is 0 Å². The zero-order chi connectivity index (χ0) is 17.0. The van der Waals surface area contributed by atoms with Crippen molar-refractivity contribution < 1.29 is 4.74 Å². The van der Waals surface area contributed by atoms with Crippen LogP contribution >= 0.6 is 24.0 Å². The predicted octanol–water partition coefficient (Wildman–Crippen LogP) is 2.95. The third-order valence-corrected chi connectivity index (χ3v) is 3.85.